The van der Waals surface area contributed by atoms with Crippen molar-refractivity contribution in [1.29, 1.82) is 0 Å². The topological polar surface area (TPSA) is 46.3 Å². The zero-order valence-electron chi connectivity index (χ0n) is 10.9. The molecule has 0 saturated carbocycles. The summed E-state index contributed by atoms with van der Waals surface area (Å²) in [5, 5.41) is 0. The summed E-state index contributed by atoms with van der Waals surface area (Å²) < 4.78 is 0. The lowest BCUT2D eigenvalue weighted by Gasteiger charge is -2.38. The third-order valence-corrected chi connectivity index (χ3v) is 3.68. The molecular weight excluding hydrogens is 200 g/mol. The van der Waals surface area contributed by atoms with Crippen molar-refractivity contribution in [2.24, 2.45) is 17.6 Å². The number of rotatable bonds is 4. The zero-order chi connectivity index (χ0) is 12.1. The molecule has 0 aromatic rings. The number of likely N-dealkylation sites (tertiary alicyclic amines) is 1. The summed E-state index contributed by atoms with van der Waals surface area (Å²) in [6.07, 6.45) is 4.18. The van der Waals surface area contributed by atoms with E-state index in [1.54, 1.807) is 0 Å². The molecule has 0 bridgehead atoms. The first-order valence-electron chi connectivity index (χ1n) is 6.56. The lowest BCUT2D eigenvalue weighted by molar-refractivity contribution is -0.139. The minimum Gasteiger partial charge on any atom is -0.340 e. The van der Waals surface area contributed by atoms with Gasteiger partial charge in [0, 0.05) is 18.5 Å². The van der Waals surface area contributed by atoms with Crippen molar-refractivity contribution in [3.05, 3.63) is 0 Å². The minimum atomic E-state index is 0.138. The fourth-order valence-corrected chi connectivity index (χ4v) is 2.57. The average molecular weight is 226 g/mol. The van der Waals surface area contributed by atoms with Gasteiger partial charge in [0.05, 0.1) is 0 Å². The number of carbonyl (C=O) groups is 1. The molecule has 2 N–H and O–H groups in total. The molecule has 1 saturated heterocycles. The second-order valence-electron chi connectivity index (χ2n) is 5.34. The molecule has 1 aliphatic rings. The molecule has 16 heavy (non-hydrogen) atoms. The Morgan fingerprint density at radius 3 is 2.75 bits per heavy atom. The van der Waals surface area contributed by atoms with Gasteiger partial charge in [-0.05, 0) is 45.1 Å². The van der Waals surface area contributed by atoms with Crippen LogP contribution in [0.25, 0.3) is 0 Å². The van der Waals surface area contributed by atoms with Crippen molar-refractivity contribution in [2.45, 2.75) is 52.5 Å². The predicted molar refractivity (Wildman–Crippen MR) is 67.0 cm³/mol. The van der Waals surface area contributed by atoms with E-state index in [4.69, 9.17) is 5.73 Å². The number of nitrogens with two attached hydrogens (primary N) is 1. The zero-order valence-corrected chi connectivity index (χ0v) is 10.9. The van der Waals surface area contributed by atoms with E-state index in [1.807, 2.05) is 6.92 Å². The Balaban J connectivity index is 2.46. The lowest BCUT2D eigenvalue weighted by Crippen LogP contribution is -2.46. The van der Waals surface area contributed by atoms with Crippen LogP contribution in [-0.4, -0.2) is 29.9 Å². The van der Waals surface area contributed by atoms with Gasteiger partial charge in [-0.3, -0.25) is 4.79 Å². The van der Waals surface area contributed by atoms with Crippen LogP contribution in [0.3, 0.4) is 0 Å². The van der Waals surface area contributed by atoms with Crippen molar-refractivity contribution in [3.8, 4) is 0 Å². The maximum Gasteiger partial charge on any atom is 0.225 e. The van der Waals surface area contributed by atoms with Crippen molar-refractivity contribution in [1.82, 2.24) is 4.90 Å². The van der Waals surface area contributed by atoms with Gasteiger partial charge in [-0.2, -0.15) is 0 Å². The summed E-state index contributed by atoms with van der Waals surface area (Å²) in [6, 6.07) is 0.413. The van der Waals surface area contributed by atoms with Crippen LogP contribution in [0.4, 0.5) is 0 Å². The molecule has 0 radical (unpaired) electrons. The molecule has 3 atom stereocenters. The van der Waals surface area contributed by atoms with Gasteiger partial charge in [0.25, 0.3) is 0 Å². The molecule has 3 heteroatoms. The van der Waals surface area contributed by atoms with E-state index in [0.717, 1.165) is 38.1 Å². The molecule has 1 fully saturated rings. The first-order valence-corrected chi connectivity index (χ1v) is 6.56. The van der Waals surface area contributed by atoms with Crippen LogP contribution in [0.15, 0.2) is 0 Å². The highest BCUT2D eigenvalue weighted by Crippen LogP contribution is 2.24. The molecule has 0 aliphatic carbocycles. The fourth-order valence-electron chi connectivity index (χ4n) is 2.57. The summed E-state index contributed by atoms with van der Waals surface area (Å²) in [7, 11) is 0. The van der Waals surface area contributed by atoms with Gasteiger partial charge >= 0.3 is 0 Å². The molecule has 0 aromatic heterocycles. The van der Waals surface area contributed by atoms with E-state index in [0.29, 0.717) is 18.5 Å². The largest absolute Gasteiger partial charge is 0.340 e. The average Bonchev–Trinajstić information content (AvgIpc) is 2.25. The molecule has 1 amide bonds. The highest BCUT2D eigenvalue weighted by Gasteiger charge is 2.28. The van der Waals surface area contributed by atoms with Gasteiger partial charge in [-0.1, -0.05) is 13.8 Å². The molecular formula is C13H26N2O. The molecule has 1 aliphatic heterocycles. The van der Waals surface area contributed by atoms with Gasteiger partial charge in [-0.25, -0.2) is 0 Å². The van der Waals surface area contributed by atoms with Crippen LogP contribution in [-0.2, 0) is 4.79 Å². The van der Waals surface area contributed by atoms with Crippen LogP contribution in [0, 0.1) is 11.8 Å². The number of hydrogen-bond acceptors (Lipinski definition) is 2. The van der Waals surface area contributed by atoms with E-state index in [9.17, 15) is 4.79 Å². The van der Waals surface area contributed by atoms with Gasteiger partial charge in [0.15, 0.2) is 0 Å². The van der Waals surface area contributed by atoms with Crippen molar-refractivity contribution in [3.63, 3.8) is 0 Å². The quantitative estimate of drug-likeness (QED) is 0.797. The standard InChI is InChI=1S/C13H26N2O/c1-10-6-8-15(12(3)9-10)13(16)11(2)5-4-7-14/h10-12H,4-9,14H2,1-3H3. The van der Waals surface area contributed by atoms with Crippen LogP contribution >= 0.6 is 0 Å². The van der Waals surface area contributed by atoms with Crippen LogP contribution < -0.4 is 5.73 Å². The van der Waals surface area contributed by atoms with Crippen molar-refractivity contribution in [2.75, 3.05) is 13.1 Å². The number of nitrogens with zero attached hydrogens (tertiary/aromatic N) is 1. The molecule has 0 spiro atoms. The third-order valence-electron chi connectivity index (χ3n) is 3.68. The summed E-state index contributed by atoms with van der Waals surface area (Å²) in [4.78, 5) is 14.3. The molecule has 0 aromatic carbocycles. The van der Waals surface area contributed by atoms with Gasteiger partial charge < -0.3 is 10.6 Å². The maximum absolute atomic E-state index is 12.2. The Bertz CT molecular complexity index is 230. The Kier molecular flexibility index (Phi) is 5.26. The smallest absolute Gasteiger partial charge is 0.225 e. The second-order valence-corrected chi connectivity index (χ2v) is 5.34. The summed E-state index contributed by atoms with van der Waals surface area (Å²) in [5.74, 6) is 1.23. The third kappa shape index (κ3) is 3.48. The minimum absolute atomic E-state index is 0.138. The number of carbonyl (C=O) groups excluding carboxylic acids is 1. The Morgan fingerprint density at radius 2 is 2.19 bits per heavy atom. The van der Waals surface area contributed by atoms with Crippen LogP contribution in [0.2, 0.25) is 0 Å². The summed E-state index contributed by atoms with van der Waals surface area (Å²) in [6.45, 7) is 8.10. The van der Waals surface area contributed by atoms with Crippen LogP contribution in [0.5, 0.6) is 0 Å². The van der Waals surface area contributed by atoms with E-state index in [1.165, 1.54) is 0 Å². The lowest BCUT2D eigenvalue weighted by atomic mass is 9.91. The normalized spacial score (nSPS) is 27.9. The first kappa shape index (κ1) is 13.5. The molecule has 1 heterocycles. The SMILES string of the molecule is CC1CCN(C(=O)C(C)CCCN)C(C)C1. The predicted octanol–water partition coefficient (Wildman–Crippen LogP) is 2.01. The van der Waals surface area contributed by atoms with E-state index in [2.05, 4.69) is 18.7 Å². The molecule has 94 valence electrons. The van der Waals surface area contributed by atoms with E-state index >= 15 is 0 Å². The molecule has 1 rings (SSSR count). The summed E-state index contributed by atoms with van der Waals surface area (Å²) in [5.41, 5.74) is 5.48. The number of piperidine rings is 1. The molecule has 3 nitrogen and oxygen atoms in total. The van der Waals surface area contributed by atoms with Gasteiger partial charge in [0.2, 0.25) is 5.91 Å². The Hall–Kier alpha value is -0.570. The first-order chi connectivity index (χ1) is 7.56. The Morgan fingerprint density at radius 1 is 1.50 bits per heavy atom. The fraction of sp³-hybridized carbons (Fsp3) is 0.923. The van der Waals surface area contributed by atoms with Gasteiger partial charge in [-0.15, -0.1) is 0 Å². The second kappa shape index (κ2) is 6.24. The number of amides is 1. The monoisotopic (exact) mass is 226 g/mol. The van der Waals surface area contributed by atoms with Crippen molar-refractivity contribution >= 4 is 5.91 Å². The summed E-state index contributed by atoms with van der Waals surface area (Å²) >= 11 is 0. The maximum atomic E-state index is 12.2. The van der Waals surface area contributed by atoms with E-state index in [-0.39, 0.29) is 5.92 Å². The van der Waals surface area contributed by atoms with Crippen LogP contribution in [0.1, 0.15) is 46.5 Å². The highest BCUT2D eigenvalue weighted by atomic mass is 16.2. The van der Waals surface area contributed by atoms with Crippen molar-refractivity contribution < 1.29 is 4.79 Å². The Labute approximate surface area is 99.4 Å². The molecule has 3 unspecified atom stereocenters. The van der Waals surface area contributed by atoms with Gasteiger partial charge in [0.1, 0.15) is 0 Å². The van der Waals surface area contributed by atoms with E-state index < -0.39 is 0 Å². The number of hydrogen-bond donors (Lipinski definition) is 1. The highest BCUT2D eigenvalue weighted by molar-refractivity contribution is 5.78.